The zero-order valence-electron chi connectivity index (χ0n) is 18.1. The van der Waals surface area contributed by atoms with Crippen LogP contribution in [0.5, 0.6) is 5.75 Å². The number of aryl methyl sites for hydroxylation is 1. The molecule has 0 saturated carbocycles. The Hall–Kier alpha value is -3.89. The summed E-state index contributed by atoms with van der Waals surface area (Å²) in [6, 6.07) is 11.8. The van der Waals surface area contributed by atoms with E-state index in [9.17, 15) is 0 Å². The smallest absolute Gasteiger partial charge is 0.227 e. The van der Waals surface area contributed by atoms with Gasteiger partial charge in [0.05, 0.1) is 11.7 Å². The van der Waals surface area contributed by atoms with Crippen LogP contribution in [-0.2, 0) is 7.05 Å². The van der Waals surface area contributed by atoms with Gasteiger partial charge in [-0.2, -0.15) is 5.10 Å². The molecule has 0 amide bonds. The van der Waals surface area contributed by atoms with Crippen molar-refractivity contribution in [3.05, 3.63) is 60.6 Å². The molecule has 5 rings (SSSR count). The molecule has 0 radical (unpaired) electrons. The topological polar surface area (TPSA) is 68.1 Å². The number of fused-ring (bicyclic) bond motifs is 1. The lowest BCUT2D eigenvalue weighted by Crippen LogP contribution is -2.21. The number of terminal acetylenes is 1. The fourth-order valence-corrected chi connectivity index (χ4v) is 4.03. The summed E-state index contributed by atoms with van der Waals surface area (Å²) in [5.41, 5.74) is 4.46. The van der Waals surface area contributed by atoms with Gasteiger partial charge in [-0.3, -0.25) is 4.68 Å². The number of nitrogens with zero attached hydrogens (tertiary/aromatic N) is 5. The van der Waals surface area contributed by atoms with E-state index in [1.807, 2.05) is 43.7 Å². The molecule has 4 aromatic rings. The van der Waals surface area contributed by atoms with Gasteiger partial charge in [0.15, 0.2) is 0 Å². The molecule has 7 nitrogen and oxygen atoms in total. The summed E-state index contributed by atoms with van der Waals surface area (Å²) in [4.78, 5) is 11.4. The van der Waals surface area contributed by atoms with Crippen molar-refractivity contribution in [1.29, 1.82) is 0 Å². The van der Waals surface area contributed by atoms with Gasteiger partial charge >= 0.3 is 0 Å². The summed E-state index contributed by atoms with van der Waals surface area (Å²) in [7, 11) is 4.02. The van der Waals surface area contributed by atoms with E-state index in [4.69, 9.17) is 11.2 Å². The monoisotopic (exact) mass is 424 g/mol. The third kappa shape index (κ3) is 4.13. The normalized spacial score (nSPS) is 16.2. The van der Waals surface area contributed by atoms with Crippen LogP contribution in [0, 0.1) is 12.3 Å². The van der Waals surface area contributed by atoms with Gasteiger partial charge in [0, 0.05) is 60.8 Å². The van der Waals surface area contributed by atoms with Crippen molar-refractivity contribution in [3.63, 3.8) is 0 Å². The highest BCUT2D eigenvalue weighted by molar-refractivity contribution is 5.85. The lowest BCUT2D eigenvalue weighted by molar-refractivity contribution is 0.208. The van der Waals surface area contributed by atoms with Gasteiger partial charge in [-0.15, -0.1) is 6.42 Å². The van der Waals surface area contributed by atoms with Crippen LogP contribution in [0.4, 0.5) is 11.6 Å². The van der Waals surface area contributed by atoms with Crippen molar-refractivity contribution in [2.45, 2.75) is 12.5 Å². The Morgan fingerprint density at radius 2 is 2.06 bits per heavy atom. The largest absolute Gasteiger partial charge is 0.489 e. The Labute approximate surface area is 187 Å². The van der Waals surface area contributed by atoms with Crippen LogP contribution >= 0.6 is 0 Å². The highest BCUT2D eigenvalue weighted by Crippen LogP contribution is 2.31. The van der Waals surface area contributed by atoms with Crippen LogP contribution in [0.1, 0.15) is 12.0 Å². The molecule has 1 fully saturated rings. The van der Waals surface area contributed by atoms with Gasteiger partial charge in [0.2, 0.25) is 5.95 Å². The average molecular weight is 425 g/mol. The summed E-state index contributed by atoms with van der Waals surface area (Å²) < 4.78 is 8.11. The SMILES string of the molecule is C#Cc1cccc2nc(Nc3cc(O[C@H]4CCN(C)C4)cc(-c4cnn(C)c4)c3)ncc12. The van der Waals surface area contributed by atoms with Gasteiger partial charge in [-0.05, 0) is 43.3 Å². The number of hydrogen-bond donors (Lipinski definition) is 1. The highest BCUT2D eigenvalue weighted by Gasteiger charge is 2.21. The van der Waals surface area contributed by atoms with Crippen molar-refractivity contribution in [2.75, 3.05) is 25.5 Å². The van der Waals surface area contributed by atoms with Crippen LogP contribution in [0.3, 0.4) is 0 Å². The fraction of sp³-hybridized carbons (Fsp3) is 0.240. The number of nitrogens with one attached hydrogen (secondary N) is 1. The summed E-state index contributed by atoms with van der Waals surface area (Å²) in [5.74, 6) is 3.99. The van der Waals surface area contributed by atoms with Gasteiger partial charge in [-0.1, -0.05) is 12.0 Å². The first-order valence-electron chi connectivity index (χ1n) is 10.6. The van der Waals surface area contributed by atoms with Gasteiger partial charge in [0.25, 0.3) is 0 Å². The lowest BCUT2D eigenvalue weighted by Gasteiger charge is -2.16. The van der Waals surface area contributed by atoms with Crippen molar-refractivity contribution in [3.8, 4) is 29.2 Å². The number of benzene rings is 2. The minimum Gasteiger partial charge on any atom is -0.489 e. The van der Waals surface area contributed by atoms with Crippen LogP contribution < -0.4 is 10.1 Å². The van der Waals surface area contributed by atoms with E-state index in [0.29, 0.717) is 5.95 Å². The number of likely N-dealkylation sites (tertiary alicyclic amines) is 1. The molecule has 0 aliphatic carbocycles. The van der Waals surface area contributed by atoms with E-state index in [1.54, 1.807) is 10.9 Å². The molecule has 2 aromatic heterocycles. The Balaban J connectivity index is 1.49. The Morgan fingerprint density at radius 3 is 2.81 bits per heavy atom. The van der Waals surface area contributed by atoms with Crippen molar-refractivity contribution in [1.82, 2.24) is 24.6 Å². The molecule has 1 N–H and O–H groups in total. The maximum atomic E-state index is 6.32. The summed E-state index contributed by atoms with van der Waals surface area (Å²) >= 11 is 0. The van der Waals surface area contributed by atoms with Gasteiger partial charge in [-0.25, -0.2) is 9.97 Å². The number of rotatable bonds is 5. The van der Waals surface area contributed by atoms with Gasteiger partial charge in [0.1, 0.15) is 11.9 Å². The molecule has 32 heavy (non-hydrogen) atoms. The Kier molecular flexibility index (Phi) is 5.21. The molecule has 160 valence electrons. The zero-order valence-corrected chi connectivity index (χ0v) is 18.1. The molecule has 1 aliphatic heterocycles. The minimum absolute atomic E-state index is 0.177. The van der Waals surface area contributed by atoms with Crippen LogP contribution in [0.15, 0.2) is 55.0 Å². The van der Waals surface area contributed by atoms with Crippen molar-refractivity contribution < 1.29 is 4.74 Å². The molecular formula is C25H24N6O. The third-order valence-corrected chi connectivity index (χ3v) is 5.63. The molecule has 0 bridgehead atoms. The number of likely N-dealkylation sites (N-methyl/N-ethyl adjacent to an activating group) is 1. The van der Waals surface area contributed by atoms with E-state index in [1.165, 1.54) is 0 Å². The molecule has 1 atom stereocenters. The molecule has 1 aliphatic rings. The second kappa shape index (κ2) is 8.33. The van der Waals surface area contributed by atoms with Crippen molar-refractivity contribution >= 4 is 22.5 Å². The van der Waals surface area contributed by atoms with Crippen LogP contribution in [-0.4, -0.2) is 50.9 Å². The summed E-state index contributed by atoms with van der Waals surface area (Å²) in [6.45, 7) is 1.97. The first-order valence-corrected chi connectivity index (χ1v) is 10.6. The molecular weight excluding hydrogens is 400 g/mol. The molecule has 7 heteroatoms. The van der Waals surface area contributed by atoms with E-state index in [0.717, 1.165) is 58.5 Å². The zero-order chi connectivity index (χ0) is 22.1. The van der Waals surface area contributed by atoms with E-state index in [2.05, 4.69) is 50.4 Å². The van der Waals surface area contributed by atoms with Gasteiger partial charge < -0.3 is 15.0 Å². The highest BCUT2D eigenvalue weighted by atomic mass is 16.5. The number of ether oxygens (including phenoxy) is 1. The fourth-order valence-electron chi connectivity index (χ4n) is 4.03. The molecule has 0 spiro atoms. The molecule has 3 heterocycles. The molecule has 0 unspecified atom stereocenters. The first-order chi connectivity index (χ1) is 15.6. The summed E-state index contributed by atoms with van der Waals surface area (Å²) in [5, 5.41) is 8.50. The minimum atomic E-state index is 0.177. The second-order valence-electron chi connectivity index (χ2n) is 8.14. The maximum Gasteiger partial charge on any atom is 0.227 e. The average Bonchev–Trinajstić information content (AvgIpc) is 3.40. The Bertz CT molecular complexity index is 1320. The Morgan fingerprint density at radius 1 is 1.16 bits per heavy atom. The first kappa shape index (κ1) is 20.0. The predicted molar refractivity (Wildman–Crippen MR) is 126 cm³/mol. The number of aromatic nitrogens is 4. The van der Waals surface area contributed by atoms with E-state index in [-0.39, 0.29) is 6.10 Å². The lowest BCUT2D eigenvalue weighted by atomic mass is 10.1. The number of hydrogen-bond acceptors (Lipinski definition) is 6. The number of anilines is 2. The van der Waals surface area contributed by atoms with Crippen LogP contribution in [0.25, 0.3) is 22.0 Å². The van der Waals surface area contributed by atoms with Crippen molar-refractivity contribution in [2.24, 2.45) is 7.05 Å². The predicted octanol–water partition coefficient (Wildman–Crippen LogP) is 3.84. The van der Waals surface area contributed by atoms with E-state index < -0.39 is 0 Å². The maximum absolute atomic E-state index is 6.32. The standard InChI is InChI=1S/C25H24N6O/c1-4-17-6-5-7-24-23(17)14-26-25(29-24)28-20-10-18(19-13-27-31(3)15-19)11-22(12-20)32-21-8-9-30(2)16-21/h1,5-7,10-15,21H,8-9,16H2,2-3H3,(H,26,28,29)/t21-/m0/s1. The molecule has 2 aromatic carbocycles. The quantitative estimate of drug-likeness (QED) is 0.491. The summed E-state index contributed by atoms with van der Waals surface area (Å²) in [6.07, 6.45) is 12.4. The second-order valence-corrected chi connectivity index (χ2v) is 8.14. The molecule has 1 saturated heterocycles. The van der Waals surface area contributed by atoms with E-state index >= 15 is 0 Å². The third-order valence-electron chi connectivity index (χ3n) is 5.63. The van der Waals surface area contributed by atoms with Crippen LogP contribution in [0.2, 0.25) is 0 Å².